The molecule has 2 aromatic carbocycles. The fourth-order valence-electron chi connectivity index (χ4n) is 4.79. The van der Waals surface area contributed by atoms with Crippen molar-refractivity contribution in [3.63, 3.8) is 0 Å². The molecule has 1 saturated heterocycles. The van der Waals surface area contributed by atoms with Gasteiger partial charge in [-0.3, -0.25) is 14.4 Å². The Balaban J connectivity index is 1.32. The van der Waals surface area contributed by atoms with Crippen molar-refractivity contribution in [2.24, 2.45) is 0 Å². The van der Waals surface area contributed by atoms with E-state index in [1.165, 1.54) is 13.2 Å². The van der Waals surface area contributed by atoms with Crippen molar-refractivity contribution in [3.05, 3.63) is 76.4 Å². The lowest BCUT2D eigenvalue weighted by Gasteiger charge is -2.16. The van der Waals surface area contributed by atoms with Gasteiger partial charge >= 0.3 is 0 Å². The number of hydrogen-bond acceptors (Lipinski definition) is 10. The van der Waals surface area contributed by atoms with E-state index < -0.39 is 17.1 Å². The highest BCUT2D eigenvalue weighted by molar-refractivity contribution is 8.00. The number of nitrogen functional groups attached to an aromatic ring is 1. The molecular weight excluding hydrogens is 554 g/mol. The number of pyridine rings is 1. The summed E-state index contributed by atoms with van der Waals surface area (Å²) in [5.74, 6) is 0.106. The summed E-state index contributed by atoms with van der Waals surface area (Å²) in [6, 6.07) is 15.6. The third-order valence-electron chi connectivity index (χ3n) is 7.06. The molecule has 2 heterocycles. The van der Waals surface area contributed by atoms with E-state index in [0.717, 1.165) is 29.5 Å². The van der Waals surface area contributed by atoms with Crippen LogP contribution in [0.15, 0.2) is 53.6 Å². The molecule has 1 aromatic heterocycles. The number of amides is 2. The Morgan fingerprint density at radius 3 is 2.40 bits per heavy atom. The molecule has 0 unspecified atom stereocenters. The van der Waals surface area contributed by atoms with E-state index >= 15 is 0 Å². The van der Waals surface area contributed by atoms with E-state index in [4.69, 9.17) is 15.2 Å². The quantitative estimate of drug-likeness (QED) is 0.215. The number of carbonyl (C=O) groups excluding carboxylic acids is 3. The summed E-state index contributed by atoms with van der Waals surface area (Å²) in [6.07, 6.45) is 4.64. The van der Waals surface area contributed by atoms with Crippen LogP contribution in [0.2, 0.25) is 0 Å². The SMILES string of the molecule is COc1ccc(/C=C/C(=O)c2ccc(N3C(=O)C[C@H](Sc4nc(N)c(C#N)c(C5CC5)c4C#N)C3=O)cc2)c(OC)c1. The second kappa shape index (κ2) is 11.8. The van der Waals surface area contributed by atoms with Crippen LogP contribution in [0.4, 0.5) is 11.5 Å². The number of thioether (sulfide) groups is 1. The first kappa shape index (κ1) is 28.4. The molecule has 1 aliphatic carbocycles. The first-order valence-corrected chi connectivity index (χ1v) is 13.9. The molecule has 10 nitrogen and oxygen atoms in total. The summed E-state index contributed by atoms with van der Waals surface area (Å²) >= 11 is 1.01. The molecule has 2 amide bonds. The van der Waals surface area contributed by atoms with Gasteiger partial charge in [-0.15, -0.1) is 0 Å². The van der Waals surface area contributed by atoms with Gasteiger partial charge in [0.1, 0.15) is 34.5 Å². The molecule has 2 N–H and O–H groups in total. The van der Waals surface area contributed by atoms with Crippen molar-refractivity contribution < 1.29 is 23.9 Å². The van der Waals surface area contributed by atoms with Gasteiger partial charge in [0.25, 0.3) is 0 Å². The highest BCUT2D eigenvalue weighted by Crippen LogP contribution is 2.47. The maximum atomic E-state index is 13.3. The normalized spacial score (nSPS) is 16.4. The van der Waals surface area contributed by atoms with Crippen LogP contribution in [0.5, 0.6) is 11.5 Å². The number of anilines is 2. The number of ketones is 1. The van der Waals surface area contributed by atoms with E-state index in [-0.39, 0.29) is 40.1 Å². The standard InChI is InChI=1S/C31H25N5O5S/c1-40-21-11-7-18(25(13-21)41-2)8-12-24(37)17-5-9-20(10-6-17)36-27(38)14-26(31(36)39)42-30-23(16-33)28(19-3-4-19)22(15-32)29(34)35-30/h5-13,19,26H,3-4,14H2,1-2H3,(H2,34,35)/b12-8+/t26-/m0/s1. The van der Waals surface area contributed by atoms with Crippen molar-refractivity contribution in [2.75, 3.05) is 24.9 Å². The number of benzene rings is 2. The lowest BCUT2D eigenvalue weighted by molar-refractivity contribution is -0.121. The Morgan fingerprint density at radius 1 is 1.07 bits per heavy atom. The van der Waals surface area contributed by atoms with Gasteiger partial charge in [0, 0.05) is 23.6 Å². The number of methoxy groups -OCH3 is 2. The highest BCUT2D eigenvalue weighted by Gasteiger charge is 2.42. The average molecular weight is 580 g/mol. The molecule has 3 aromatic rings. The van der Waals surface area contributed by atoms with Crippen LogP contribution in [0.25, 0.3) is 6.08 Å². The third kappa shape index (κ3) is 5.42. The number of nitriles is 2. The topological polar surface area (TPSA) is 159 Å². The number of imide groups is 1. The summed E-state index contributed by atoms with van der Waals surface area (Å²) in [5.41, 5.74) is 8.43. The number of aromatic nitrogens is 1. The first-order chi connectivity index (χ1) is 20.3. The molecule has 1 saturated carbocycles. The zero-order valence-corrected chi connectivity index (χ0v) is 23.6. The summed E-state index contributed by atoms with van der Waals surface area (Å²) in [6.45, 7) is 0. The minimum Gasteiger partial charge on any atom is -0.497 e. The third-order valence-corrected chi connectivity index (χ3v) is 8.24. The minimum atomic E-state index is -0.819. The van der Waals surface area contributed by atoms with Gasteiger partial charge in [0.05, 0.1) is 36.3 Å². The summed E-state index contributed by atoms with van der Waals surface area (Å²) in [4.78, 5) is 44.4. The number of ether oxygens (including phenoxy) is 2. The van der Waals surface area contributed by atoms with E-state index in [2.05, 4.69) is 11.1 Å². The molecule has 5 rings (SSSR count). The number of nitrogens with zero attached hydrogens (tertiary/aromatic N) is 4. The van der Waals surface area contributed by atoms with E-state index in [1.54, 1.807) is 55.7 Å². The molecule has 1 aliphatic heterocycles. The maximum Gasteiger partial charge on any atom is 0.247 e. The van der Waals surface area contributed by atoms with Crippen molar-refractivity contribution in [3.8, 4) is 23.6 Å². The molecule has 2 aliphatic rings. The van der Waals surface area contributed by atoms with Gasteiger partial charge in [0.15, 0.2) is 5.78 Å². The van der Waals surface area contributed by atoms with Crippen LogP contribution in [0.1, 0.15) is 57.8 Å². The molecule has 11 heteroatoms. The van der Waals surface area contributed by atoms with Crippen LogP contribution in [0, 0.1) is 22.7 Å². The van der Waals surface area contributed by atoms with Crippen LogP contribution in [0.3, 0.4) is 0 Å². The Labute approximate surface area is 246 Å². The Kier molecular flexibility index (Phi) is 7.96. The molecule has 210 valence electrons. The van der Waals surface area contributed by atoms with Crippen LogP contribution in [-0.4, -0.2) is 42.1 Å². The van der Waals surface area contributed by atoms with Crippen LogP contribution >= 0.6 is 11.8 Å². The van der Waals surface area contributed by atoms with Crippen molar-refractivity contribution in [2.45, 2.75) is 35.5 Å². The molecule has 2 fully saturated rings. The molecule has 0 bridgehead atoms. The van der Waals surface area contributed by atoms with E-state index in [0.29, 0.717) is 33.9 Å². The monoisotopic (exact) mass is 579 g/mol. The Bertz CT molecular complexity index is 1720. The number of rotatable bonds is 9. The zero-order valence-electron chi connectivity index (χ0n) is 22.8. The lowest BCUT2D eigenvalue weighted by atomic mass is 10.0. The first-order valence-electron chi connectivity index (χ1n) is 13.0. The highest BCUT2D eigenvalue weighted by atomic mass is 32.2. The number of hydrogen-bond donors (Lipinski definition) is 1. The lowest BCUT2D eigenvalue weighted by Crippen LogP contribution is -2.31. The fourth-order valence-corrected chi connectivity index (χ4v) is 5.91. The van der Waals surface area contributed by atoms with Gasteiger partial charge in [-0.25, -0.2) is 9.88 Å². The molecule has 1 atom stereocenters. The second-order valence-corrected chi connectivity index (χ2v) is 10.9. The number of allylic oxidation sites excluding steroid dienone is 1. The molecule has 0 spiro atoms. The fraction of sp³-hybridized carbons (Fsp3) is 0.226. The second-order valence-electron chi connectivity index (χ2n) is 9.69. The van der Waals surface area contributed by atoms with Gasteiger partial charge in [0.2, 0.25) is 11.8 Å². The maximum absolute atomic E-state index is 13.3. The predicted octanol–water partition coefficient (Wildman–Crippen LogP) is 4.62. The predicted molar refractivity (Wildman–Crippen MR) is 156 cm³/mol. The molecule has 0 radical (unpaired) electrons. The van der Waals surface area contributed by atoms with E-state index in [9.17, 15) is 24.9 Å². The smallest absolute Gasteiger partial charge is 0.247 e. The summed E-state index contributed by atoms with van der Waals surface area (Å²) in [5, 5.41) is 18.8. The van der Waals surface area contributed by atoms with Gasteiger partial charge in [-0.1, -0.05) is 11.8 Å². The molecule has 42 heavy (non-hydrogen) atoms. The Morgan fingerprint density at radius 2 is 1.79 bits per heavy atom. The molecular formula is C31H25N5O5S. The summed E-state index contributed by atoms with van der Waals surface area (Å²) < 4.78 is 10.6. The number of nitrogens with two attached hydrogens (primary N) is 1. The average Bonchev–Trinajstić information content (AvgIpc) is 3.80. The zero-order chi connectivity index (χ0) is 30.0. The summed E-state index contributed by atoms with van der Waals surface area (Å²) in [7, 11) is 3.08. The van der Waals surface area contributed by atoms with Crippen molar-refractivity contribution in [1.29, 1.82) is 10.5 Å². The van der Waals surface area contributed by atoms with Crippen molar-refractivity contribution >= 4 is 46.9 Å². The van der Waals surface area contributed by atoms with Crippen LogP contribution < -0.4 is 20.1 Å². The number of carbonyl (C=O) groups is 3. The minimum absolute atomic E-state index is 0.00858. The van der Waals surface area contributed by atoms with Crippen LogP contribution in [-0.2, 0) is 9.59 Å². The largest absolute Gasteiger partial charge is 0.497 e. The van der Waals surface area contributed by atoms with E-state index in [1.807, 2.05) is 6.07 Å². The Hall–Kier alpha value is -5.13. The van der Waals surface area contributed by atoms with Gasteiger partial charge < -0.3 is 15.2 Å². The van der Waals surface area contributed by atoms with Crippen molar-refractivity contribution in [1.82, 2.24) is 4.98 Å². The van der Waals surface area contributed by atoms with Gasteiger partial charge in [-0.2, -0.15) is 10.5 Å². The van der Waals surface area contributed by atoms with Gasteiger partial charge in [-0.05, 0) is 72.9 Å².